The molecule has 0 radical (unpaired) electrons. The van der Waals surface area contributed by atoms with E-state index in [4.69, 9.17) is 0 Å². The molecule has 0 bridgehead atoms. The number of hydrogen-bond acceptors (Lipinski definition) is 3. The lowest BCUT2D eigenvalue weighted by atomic mass is 9.93. The lowest BCUT2D eigenvalue weighted by Crippen LogP contribution is -2.39. The maximum atomic E-state index is 9.69. The third-order valence-electron chi connectivity index (χ3n) is 4.27. The fourth-order valence-electron chi connectivity index (χ4n) is 2.95. The van der Waals surface area contributed by atoms with Gasteiger partial charge < -0.3 is 14.6 Å². The molecule has 0 saturated carbocycles. The van der Waals surface area contributed by atoms with Crippen LogP contribution in [0, 0.1) is 12.8 Å². The number of aliphatic hydroxyl groups is 1. The Balaban J connectivity index is 1.64. The highest BCUT2D eigenvalue weighted by molar-refractivity contribution is 4.88. The van der Waals surface area contributed by atoms with Crippen LogP contribution in [-0.2, 0) is 6.54 Å². The smallest absolute Gasteiger partial charge is 0.105 e. The van der Waals surface area contributed by atoms with Crippen LogP contribution in [0.25, 0.3) is 0 Å². The first-order valence-electron chi connectivity index (χ1n) is 7.55. The van der Waals surface area contributed by atoms with Crippen molar-refractivity contribution in [3.8, 4) is 0 Å². The Morgan fingerprint density at radius 1 is 1.42 bits per heavy atom. The SMILES string of the molecule is Cc1nccn1CCCCN1CCCC(C(C)O)C1. The fourth-order valence-corrected chi connectivity index (χ4v) is 2.95. The molecule has 1 aliphatic heterocycles. The van der Waals surface area contributed by atoms with E-state index in [1.54, 1.807) is 0 Å². The largest absolute Gasteiger partial charge is 0.393 e. The van der Waals surface area contributed by atoms with Crippen LogP contribution in [-0.4, -0.2) is 45.3 Å². The van der Waals surface area contributed by atoms with E-state index in [1.807, 2.05) is 13.1 Å². The number of aromatic nitrogens is 2. The van der Waals surface area contributed by atoms with E-state index in [9.17, 15) is 5.11 Å². The maximum Gasteiger partial charge on any atom is 0.105 e. The van der Waals surface area contributed by atoms with Gasteiger partial charge in [0.2, 0.25) is 0 Å². The van der Waals surface area contributed by atoms with E-state index >= 15 is 0 Å². The van der Waals surface area contributed by atoms with Crippen LogP contribution in [0.15, 0.2) is 12.4 Å². The van der Waals surface area contributed by atoms with Gasteiger partial charge in [-0.05, 0) is 58.5 Å². The summed E-state index contributed by atoms with van der Waals surface area (Å²) in [7, 11) is 0. The topological polar surface area (TPSA) is 41.3 Å². The first-order chi connectivity index (χ1) is 9.16. The van der Waals surface area contributed by atoms with Crippen molar-refractivity contribution in [3.63, 3.8) is 0 Å². The lowest BCUT2D eigenvalue weighted by Gasteiger charge is -2.34. The van der Waals surface area contributed by atoms with Gasteiger partial charge in [0.1, 0.15) is 5.82 Å². The van der Waals surface area contributed by atoms with Gasteiger partial charge >= 0.3 is 0 Å². The van der Waals surface area contributed by atoms with Crippen molar-refractivity contribution in [2.75, 3.05) is 19.6 Å². The molecule has 1 fully saturated rings. The highest BCUT2D eigenvalue weighted by Gasteiger charge is 2.22. The number of rotatable bonds is 6. The number of unbranched alkanes of at least 4 members (excludes halogenated alkanes) is 1. The monoisotopic (exact) mass is 265 g/mol. The Morgan fingerprint density at radius 3 is 2.89 bits per heavy atom. The average molecular weight is 265 g/mol. The zero-order chi connectivity index (χ0) is 13.7. The molecule has 1 saturated heterocycles. The van der Waals surface area contributed by atoms with Crippen molar-refractivity contribution < 1.29 is 5.11 Å². The third-order valence-corrected chi connectivity index (χ3v) is 4.27. The summed E-state index contributed by atoms with van der Waals surface area (Å²) in [6, 6.07) is 0. The van der Waals surface area contributed by atoms with Crippen molar-refractivity contribution in [3.05, 3.63) is 18.2 Å². The number of hydrogen-bond donors (Lipinski definition) is 1. The van der Waals surface area contributed by atoms with Gasteiger partial charge in [0.25, 0.3) is 0 Å². The van der Waals surface area contributed by atoms with Crippen LogP contribution in [0.3, 0.4) is 0 Å². The van der Waals surface area contributed by atoms with Crippen molar-refractivity contribution in [1.29, 1.82) is 0 Å². The molecule has 0 amide bonds. The van der Waals surface area contributed by atoms with E-state index < -0.39 is 0 Å². The zero-order valence-corrected chi connectivity index (χ0v) is 12.3. The highest BCUT2D eigenvalue weighted by atomic mass is 16.3. The van der Waals surface area contributed by atoms with E-state index in [0.717, 1.165) is 25.5 Å². The van der Waals surface area contributed by atoms with E-state index in [0.29, 0.717) is 5.92 Å². The summed E-state index contributed by atoms with van der Waals surface area (Å²) >= 11 is 0. The Bertz CT molecular complexity index is 375. The summed E-state index contributed by atoms with van der Waals surface area (Å²) in [6.07, 6.45) is 8.61. The Morgan fingerprint density at radius 2 is 2.21 bits per heavy atom. The molecule has 2 atom stereocenters. The normalized spacial score (nSPS) is 22.6. The Labute approximate surface area is 116 Å². The molecular weight excluding hydrogens is 238 g/mol. The predicted octanol–water partition coefficient (Wildman–Crippen LogP) is 2.06. The number of aliphatic hydroxyl groups excluding tert-OH is 1. The second-order valence-corrected chi connectivity index (χ2v) is 5.82. The summed E-state index contributed by atoms with van der Waals surface area (Å²) in [4.78, 5) is 6.75. The van der Waals surface area contributed by atoms with Gasteiger partial charge in [-0.3, -0.25) is 0 Å². The van der Waals surface area contributed by atoms with E-state index in [1.165, 1.54) is 32.2 Å². The molecule has 0 aliphatic carbocycles. The summed E-state index contributed by atoms with van der Waals surface area (Å²) in [6.45, 7) is 8.49. The molecule has 1 aromatic heterocycles. The Kier molecular flexibility index (Phi) is 5.40. The molecule has 19 heavy (non-hydrogen) atoms. The molecule has 1 aromatic rings. The van der Waals surface area contributed by atoms with Crippen LogP contribution in [0.5, 0.6) is 0 Å². The van der Waals surface area contributed by atoms with Gasteiger partial charge in [-0.1, -0.05) is 0 Å². The van der Waals surface area contributed by atoms with Crippen molar-refractivity contribution >= 4 is 0 Å². The first-order valence-corrected chi connectivity index (χ1v) is 7.55. The Hall–Kier alpha value is -0.870. The second-order valence-electron chi connectivity index (χ2n) is 5.82. The van der Waals surface area contributed by atoms with Crippen molar-refractivity contribution in [1.82, 2.24) is 14.5 Å². The van der Waals surface area contributed by atoms with E-state index in [-0.39, 0.29) is 6.10 Å². The molecule has 108 valence electrons. The maximum absolute atomic E-state index is 9.69. The molecular formula is C15H27N3O. The van der Waals surface area contributed by atoms with Gasteiger partial charge in [0, 0.05) is 25.5 Å². The van der Waals surface area contributed by atoms with Crippen LogP contribution in [0.1, 0.15) is 38.4 Å². The first kappa shape index (κ1) is 14.5. The van der Waals surface area contributed by atoms with Crippen molar-refractivity contribution in [2.24, 2.45) is 5.92 Å². The van der Waals surface area contributed by atoms with Crippen LogP contribution in [0.2, 0.25) is 0 Å². The number of likely N-dealkylation sites (tertiary alicyclic amines) is 1. The number of nitrogens with zero attached hydrogens (tertiary/aromatic N) is 3. The quantitative estimate of drug-likeness (QED) is 0.801. The standard InChI is InChI=1S/C15H27N3O/c1-13(19)15-6-5-9-17(12-15)8-3-4-10-18-11-7-16-14(18)2/h7,11,13,15,19H,3-6,8-10,12H2,1-2H3. The molecule has 0 aromatic carbocycles. The van der Waals surface area contributed by atoms with Crippen LogP contribution >= 0.6 is 0 Å². The fraction of sp³-hybridized carbons (Fsp3) is 0.800. The van der Waals surface area contributed by atoms with Gasteiger partial charge in [0.15, 0.2) is 0 Å². The lowest BCUT2D eigenvalue weighted by molar-refractivity contribution is 0.0621. The summed E-state index contributed by atoms with van der Waals surface area (Å²) in [5.74, 6) is 1.58. The number of aryl methyl sites for hydroxylation is 2. The third kappa shape index (κ3) is 4.32. The van der Waals surface area contributed by atoms with Crippen LogP contribution in [0.4, 0.5) is 0 Å². The van der Waals surface area contributed by atoms with Gasteiger partial charge in [-0.25, -0.2) is 4.98 Å². The number of piperidine rings is 1. The molecule has 0 spiro atoms. The van der Waals surface area contributed by atoms with Gasteiger partial charge in [0.05, 0.1) is 6.10 Å². The van der Waals surface area contributed by atoms with Crippen molar-refractivity contribution in [2.45, 2.75) is 52.2 Å². The zero-order valence-electron chi connectivity index (χ0n) is 12.3. The van der Waals surface area contributed by atoms with Gasteiger partial charge in [-0.15, -0.1) is 0 Å². The highest BCUT2D eigenvalue weighted by Crippen LogP contribution is 2.19. The summed E-state index contributed by atoms with van der Waals surface area (Å²) in [5, 5.41) is 9.69. The summed E-state index contributed by atoms with van der Waals surface area (Å²) in [5.41, 5.74) is 0. The molecule has 2 rings (SSSR count). The molecule has 2 unspecified atom stereocenters. The molecule has 1 aliphatic rings. The molecule has 4 heteroatoms. The molecule has 1 N–H and O–H groups in total. The minimum Gasteiger partial charge on any atom is -0.393 e. The molecule has 4 nitrogen and oxygen atoms in total. The minimum absolute atomic E-state index is 0.156. The van der Waals surface area contributed by atoms with Gasteiger partial charge in [-0.2, -0.15) is 0 Å². The minimum atomic E-state index is -0.156. The predicted molar refractivity (Wildman–Crippen MR) is 77.0 cm³/mol. The van der Waals surface area contributed by atoms with E-state index in [2.05, 4.69) is 27.6 Å². The number of imidazole rings is 1. The average Bonchev–Trinajstić information content (AvgIpc) is 2.81. The second kappa shape index (κ2) is 7.06. The summed E-state index contributed by atoms with van der Waals surface area (Å²) < 4.78 is 2.22. The molecule has 2 heterocycles. The van der Waals surface area contributed by atoms with Crippen LogP contribution < -0.4 is 0 Å².